The topological polar surface area (TPSA) is 72.2 Å². The summed E-state index contributed by atoms with van der Waals surface area (Å²) >= 11 is 0. The van der Waals surface area contributed by atoms with Crippen molar-refractivity contribution >= 4 is 12.2 Å². The summed E-state index contributed by atoms with van der Waals surface area (Å²) in [6, 6.07) is -0.390. The molecule has 80 valence electrons. The normalized spacial score (nSPS) is 19.9. The van der Waals surface area contributed by atoms with Crippen LogP contribution in [0, 0.1) is 5.41 Å². The number of hydrogen-bond acceptors (Lipinski definition) is 3. The molecule has 14 heavy (non-hydrogen) atoms. The molecule has 1 aliphatic rings. The van der Waals surface area contributed by atoms with Gasteiger partial charge in [-0.25, -0.2) is 0 Å². The van der Waals surface area contributed by atoms with E-state index in [1.54, 1.807) is 0 Å². The molecule has 0 aromatic rings. The van der Waals surface area contributed by atoms with Crippen LogP contribution in [-0.2, 0) is 9.59 Å². The van der Waals surface area contributed by atoms with Crippen LogP contribution in [0.15, 0.2) is 0 Å². The third-order valence-corrected chi connectivity index (χ3v) is 2.87. The molecule has 1 amide bonds. The van der Waals surface area contributed by atoms with E-state index in [9.17, 15) is 9.59 Å². The van der Waals surface area contributed by atoms with Gasteiger partial charge in [-0.1, -0.05) is 6.92 Å². The number of hydrogen-bond donors (Lipinski definition) is 2. The van der Waals surface area contributed by atoms with Gasteiger partial charge in [0.05, 0.1) is 6.04 Å². The van der Waals surface area contributed by atoms with E-state index in [1.807, 2.05) is 6.92 Å². The van der Waals surface area contributed by atoms with E-state index in [4.69, 9.17) is 5.73 Å². The lowest BCUT2D eigenvalue weighted by molar-refractivity contribution is -0.123. The molecule has 0 unspecified atom stereocenters. The predicted octanol–water partition coefficient (Wildman–Crippen LogP) is 0.209. The van der Waals surface area contributed by atoms with Gasteiger partial charge < -0.3 is 15.8 Å². The van der Waals surface area contributed by atoms with Gasteiger partial charge in [-0.15, -0.1) is 0 Å². The highest BCUT2D eigenvalue weighted by atomic mass is 16.2. The summed E-state index contributed by atoms with van der Waals surface area (Å²) in [7, 11) is 0. The SMILES string of the molecule is CC1([C@H](N)C(=O)NCCCC=O)CC1. The maximum Gasteiger partial charge on any atom is 0.237 e. The fourth-order valence-electron chi connectivity index (χ4n) is 1.33. The molecular formula is C10H18N2O2. The van der Waals surface area contributed by atoms with Crippen molar-refractivity contribution in [3.63, 3.8) is 0 Å². The van der Waals surface area contributed by atoms with Gasteiger partial charge in [0, 0.05) is 13.0 Å². The quantitative estimate of drug-likeness (QED) is 0.473. The molecule has 4 nitrogen and oxygen atoms in total. The molecule has 0 saturated heterocycles. The van der Waals surface area contributed by atoms with E-state index < -0.39 is 6.04 Å². The average Bonchev–Trinajstić information content (AvgIpc) is 2.91. The van der Waals surface area contributed by atoms with Crippen LogP contribution < -0.4 is 11.1 Å². The van der Waals surface area contributed by atoms with Crippen LogP contribution in [0.25, 0.3) is 0 Å². The maximum absolute atomic E-state index is 11.5. The summed E-state index contributed by atoms with van der Waals surface area (Å²) < 4.78 is 0. The van der Waals surface area contributed by atoms with Gasteiger partial charge in [-0.2, -0.15) is 0 Å². The highest BCUT2D eigenvalue weighted by Gasteiger charge is 2.46. The van der Waals surface area contributed by atoms with Gasteiger partial charge in [-0.05, 0) is 24.7 Å². The number of unbranched alkanes of at least 4 members (excludes halogenated alkanes) is 1. The second-order valence-corrected chi connectivity index (χ2v) is 4.23. The van der Waals surface area contributed by atoms with Crippen LogP contribution in [0.1, 0.15) is 32.6 Å². The van der Waals surface area contributed by atoms with E-state index in [1.165, 1.54) is 0 Å². The molecule has 0 aliphatic heterocycles. The van der Waals surface area contributed by atoms with E-state index >= 15 is 0 Å². The van der Waals surface area contributed by atoms with Gasteiger partial charge in [0.15, 0.2) is 0 Å². The lowest BCUT2D eigenvalue weighted by Crippen LogP contribution is -2.45. The largest absolute Gasteiger partial charge is 0.355 e. The molecule has 0 bridgehead atoms. The Bertz CT molecular complexity index is 224. The van der Waals surface area contributed by atoms with Crippen molar-refractivity contribution in [1.29, 1.82) is 0 Å². The van der Waals surface area contributed by atoms with Crippen LogP contribution in [-0.4, -0.2) is 24.8 Å². The molecule has 0 aromatic heterocycles. The Morgan fingerprint density at radius 2 is 2.29 bits per heavy atom. The predicted molar refractivity (Wildman–Crippen MR) is 53.6 cm³/mol. The van der Waals surface area contributed by atoms with Gasteiger partial charge in [0.2, 0.25) is 5.91 Å². The molecule has 4 heteroatoms. The number of carbonyl (C=O) groups excluding carboxylic acids is 2. The van der Waals surface area contributed by atoms with Gasteiger partial charge >= 0.3 is 0 Å². The number of nitrogens with one attached hydrogen (secondary N) is 1. The molecule has 1 aliphatic carbocycles. The molecule has 1 saturated carbocycles. The van der Waals surface area contributed by atoms with Crippen LogP contribution >= 0.6 is 0 Å². The molecule has 0 heterocycles. The first-order valence-electron chi connectivity index (χ1n) is 5.07. The minimum absolute atomic E-state index is 0.0226. The van der Waals surface area contributed by atoms with Gasteiger partial charge in [0.25, 0.3) is 0 Å². The molecule has 1 rings (SSSR count). The standard InChI is InChI=1S/C10H18N2O2/c1-10(4-5-10)8(11)9(14)12-6-2-3-7-13/h7-8H,2-6,11H2,1H3,(H,12,14)/t8-/m1/s1. The number of rotatable bonds is 6. The molecule has 1 fully saturated rings. The van der Waals surface area contributed by atoms with Crippen molar-refractivity contribution in [3.05, 3.63) is 0 Å². The lowest BCUT2D eigenvalue weighted by Gasteiger charge is -2.17. The Morgan fingerprint density at radius 1 is 1.64 bits per heavy atom. The number of amides is 1. The Kier molecular flexibility index (Phi) is 3.63. The third-order valence-electron chi connectivity index (χ3n) is 2.87. The van der Waals surface area contributed by atoms with Gasteiger partial charge in [0.1, 0.15) is 6.29 Å². The molecule has 0 spiro atoms. The Morgan fingerprint density at radius 3 is 2.79 bits per heavy atom. The first-order valence-corrected chi connectivity index (χ1v) is 5.07. The van der Waals surface area contributed by atoms with E-state index in [0.29, 0.717) is 19.4 Å². The number of nitrogens with two attached hydrogens (primary N) is 1. The number of aldehydes is 1. The summed E-state index contributed by atoms with van der Waals surface area (Å²) in [4.78, 5) is 21.5. The zero-order chi connectivity index (χ0) is 10.6. The first kappa shape index (κ1) is 11.2. The van der Waals surface area contributed by atoms with Crippen molar-refractivity contribution in [3.8, 4) is 0 Å². The van der Waals surface area contributed by atoms with Gasteiger partial charge in [-0.3, -0.25) is 4.79 Å². The average molecular weight is 198 g/mol. The zero-order valence-electron chi connectivity index (χ0n) is 8.58. The summed E-state index contributed by atoms with van der Waals surface area (Å²) in [5, 5.41) is 2.74. The second-order valence-electron chi connectivity index (χ2n) is 4.23. The monoisotopic (exact) mass is 198 g/mol. The maximum atomic E-state index is 11.5. The lowest BCUT2D eigenvalue weighted by atomic mass is 9.99. The van der Waals surface area contributed by atoms with Crippen molar-refractivity contribution < 1.29 is 9.59 Å². The van der Waals surface area contributed by atoms with Crippen LogP contribution in [0.4, 0.5) is 0 Å². The van der Waals surface area contributed by atoms with E-state index in [2.05, 4.69) is 5.32 Å². The second kappa shape index (κ2) is 4.55. The van der Waals surface area contributed by atoms with Crippen LogP contribution in [0.3, 0.4) is 0 Å². The Labute approximate surface area is 84.2 Å². The van der Waals surface area contributed by atoms with Crippen molar-refractivity contribution in [2.45, 2.75) is 38.6 Å². The molecule has 0 aromatic carbocycles. The highest BCUT2D eigenvalue weighted by Crippen LogP contribution is 2.47. The Balaban J connectivity index is 2.17. The fraction of sp³-hybridized carbons (Fsp3) is 0.800. The summed E-state index contributed by atoms with van der Waals surface area (Å²) in [6.45, 7) is 2.57. The summed E-state index contributed by atoms with van der Waals surface area (Å²) in [5.74, 6) is -0.0871. The molecular weight excluding hydrogens is 180 g/mol. The fourth-order valence-corrected chi connectivity index (χ4v) is 1.33. The van der Waals surface area contributed by atoms with Crippen molar-refractivity contribution in [2.24, 2.45) is 11.1 Å². The molecule has 1 atom stereocenters. The Hall–Kier alpha value is -0.900. The third kappa shape index (κ3) is 2.80. The smallest absolute Gasteiger partial charge is 0.237 e. The summed E-state index contributed by atoms with van der Waals surface area (Å²) in [5.41, 5.74) is 5.81. The van der Waals surface area contributed by atoms with Crippen LogP contribution in [0.2, 0.25) is 0 Å². The molecule has 3 N–H and O–H groups in total. The number of carbonyl (C=O) groups is 2. The molecule has 0 radical (unpaired) electrons. The minimum atomic E-state index is -0.390. The first-order chi connectivity index (χ1) is 6.60. The van der Waals surface area contributed by atoms with Crippen molar-refractivity contribution in [2.75, 3.05) is 6.54 Å². The van der Waals surface area contributed by atoms with E-state index in [-0.39, 0.29) is 11.3 Å². The zero-order valence-corrected chi connectivity index (χ0v) is 8.58. The summed E-state index contributed by atoms with van der Waals surface area (Å²) in [6.07, 6.45) is 4.12. The minimum Gasteiger partial charge on any atom is -0.355 e. The van der Waals surface area contributed by atoms with E-state index in [0.717, 1.165) is 19.1 Å². The van der Waals surface area contributed by atoms with Crippen LogP contribution in [0.5, 0.6) is 0 Å². The highest BCUT2D eigenvalue weighted by molar-refractivity contribution is 5.82. The van der Waals surface area contributed by atoms with Crippen molar-refractivity contribution in [1.82, 2.24) is 5.32 Å².